The minimum Gasteiger partial charge on any atom is -0.355 e. The van der Waals surface area contributed by atoms with Gasteiger partial charge in [-0.05, 0) is 42.4 Å². The first-order valence-electron chi connectivity index (χ1n) is 7.90. The summed E-state index contributed by atoms with van der Waals surface area (Å²) in [5.74, 6) is 0.896. The fourth-order valence-corrected chi connectivity index (χ4v) is 4.88. The first-order valence-corrected chi connectivity index (χ1v) is 7.90. The number of carbonyl (C=O) groups excluding carboxylic acids is 2. The van der Waals surface area contributed by atoms with E-state index in [2.05, 4.69) is 31.4 Å². The number of carbonyl (C=O) groups is 2. The van der Waals surface area contributed by atoms with Crippen molar-refractivity contribution >= 4 is 11.8 Å². The van der Waals surface area contributed by atoms with Crippen LogP contribution in [0.3, 0.4) is 0 Å². The van der Waals surface area contributed by atoms with Crippen LogP contribution < -0.4 is 10.6 Å². The minimum atomic E-state index is -0.0498. The van der Waals surface area contributed by atoms with E-state index in [0.717, 1.165) is 5.92 Å². The van der Waals surface area contributed by atoms with Crippen LogP contribution in [0.2, 0.25) is 0 Å². The summed E-state index contributed by atoms with van der Waals surface area (Å²) in [4.78, 5) is 23.7. The van der Waals surface area contributed by atoms with Crippen LogP contribution in [0.15, 0.2) is 0 Å². The number of piperidine rings is 1. The van der Waals surface area contributed by atoms with Crippen molar-refractivity contribution in [2.24, 2.45) is 22.7 Å². The Bertz CT molecular complexity index is 431. The average molecular weight is 278 g/mol. The van der Waals surface area contributed by atoms with Crippen molar-refractivity contribution in [2.45, 2.75) is 58.9 Å². The summed E-state index contributed by atoms with van der Waals surface area (Å²) in [5, 5.41) is 6.14. The van der Waals surface area contributed by atoms with Gasteiger partial charge in [0.2, 0.25) is 11.8 Å². The van der Waals surface area contributed by atoms with Crippen LogP contribution in [0.1, 0.15) is 52.9 Å². The SMILES string of the molecule is CC12CCC(C1)C(C)(C)C2NC(=O)C1CCC(=O)NC1. The van der Waals surface area contributed by atoms with E-state index >= 15 is 0 Å². The molecule has 112 valence electrons. The third-order valence-corrected chi connectivity index (χ3v) is 6.19. The summed E-state index contributed by atoms with van der Waals surface area (Å²) in [7, 11) is 0. The highest BCUT2D eigenvalue weighted by Crippen LogP contribution is 2.62. The predicted molar refractivity (Wildman–Crippen MR) is 76.9 cm³/mol. The highest BCUT2D eigenvalue weighted by molar-refractivity contribution is 5.84. The number of hydrogen-bond donors (Lipinski definition) is 2. The monoisotopic (exact) mass is 278 g/mol. The van der Waals surface area contributed by atoms with E-state index < -0.39 is 0 Å². The van der Waals surface area contributed by atoms with Gasteiger partial charge in [0, 0.05) is 19.0 Å². The Hall–Kier alpha value is -1.06. The Balaban J connectivity index is 1.68. The molecule has 3 fully saturated rings. The van der Waals surface area contributed by atoms with Gasteiger partial charge in [-0.15, -0.1) is 0 Å². The topological polar surface area (TPSA) is 58.2 Å². The molecule has 4 nitrogen and oxygen atoms in total. The lowest BCUT2D eigenvalue weighted by atomic mass is 9.68. The van der Waals surface area contributed by atoms with Crippen molar-refractivity contribution in [1.29, 1.82) is 0 Å². The molecule has 1 heterocycles. The number of amides is 2. The van der Waals surface area contributed by atoms with Gasteiger partial charge in [0.15, 0.2) is 0 Å². The predicted octanol–water partition coefficient (Wildman–Crippen LogP) is 1.84. The smallest absolute Gasteiger partial charge is 0.225 e. The zero-order valence-corrected chi connectivity index (χ0v) is 12.8. The van der Waals surface area contributed by atoms with Crippen LogP contribution in [-0.2, 0) is 9.59 Å². The van der Waals surface area contributed by atoms with Crippen molar-refractivity contribution in [3.63, 3.8) is 0 Å². The number of rotatable bonds is 2. The molecule has 3 rings (SSSR count). The number of fused-ring (bicyclic) bond motifs is 2. The summed E-state index contributed by atoms with van der Waals surface area (Å²) in [6.07, 6.45) is 4.94. The maximum atomic E-state index is 12.5. The summed E-state index contributed by atoms with van der Waals surface area (Å²) >= 11 is 0. The second kappa shape index (κ2) is 4.47. The molecule has 2 bridgehead atoms. The quantitative estimate of drug-likeness (QED) is 0.810. The van der Waals surface area contributed by atoms with Crippen LogP contribution in [-0.4, -0.2) is 24.4 Å². The van der Waals surface area contributed by atoms with Gasteiger partial charge in [-0.25, -0.2) is 0 Å². The van der Waals surface area contributed by atoms with E-state index in [9.17, 15) is 9.59 Å². The summed E-state index contributed by atoms with van der Waals surface area (Å²) in [6.45, 7) is 7.43. The molecule has 0 radical (unpaired) electrons. The lowest BCUT2D eigenvalue weighted by Gasteiger charge is -2.43. The maximum absolute atomic E-state index is 12.5. The van der Waals surface area contributed by atoms with E-state index in [4.69, 9.17) is 0 Å². The van der Waals surface area contributed by atoms with E-state index in [-0.39, 0.29) is 34.6 Å². The molecule has 0 spiro atoms. The molecule has 2 N–H and O–H groups in total. The van der Waals surface area contributed by atoms with Gasteiger partial charge >= 0.3 is 0 Å². The van der Waals surface area contributed by atoms with Crippen LogP contribution >= 0.6 is 0 Å². The molecule has 0 aromatic heterocycles. The summed E-state index contributed by atoms with van der Waals surface area (Å²) in [6, 6.07) is 0.277. The van der Waals surface area contributed by atoms with Crippen LogP contribution in [0, 0.1) is 22.7 Å². The van der Waals surface area contributed by atoms with Gasteiger partial charge in [0.05, 0.1) is 5.92 Å². The second-order valence-electron chi connectivity index (χ2n) is 7.90. The molecule has 4 atom stereocenters. The van der Waals surface area contributed by atoms with Crippen molar-refractivity contribution in [1.82, 2.24) is 10.6 Å². The highest BCUT2D eigenvalue weighted by atomic mass is 16.2. The van der Waals surface area contributed by atoms with Crippen LogP contribution in [0.25, 0.3) is 0 Å². The van der Waals surface area contributed by atoms with Crippen LogP contribution in [0.5, 0.6) is 0 Å². The lowest BCUT2D eigenvalue weighted by Crippen LogP contribution is -2.55. The standard InChI is InChI=1S/C16H26N2O2/c1-15(2)11-6-7-16(3,8-11)14(15)18-13(20)10-4-5-12(19)17-9-10/h10-11,14H,4-9H2,1-3H3,(H,17,19)(H,18,20). The Labute approximate surface area is 121 Å². The van der Waals surface area contributed by atoms with Crippen molar-refractivity contribution in [3.05, 3.63) is 0 Å². The largest absolute Gasteiger partial charge is 0.355 e. The summed E-state index contributed by atoms with van der Waals surface area (Å²) < 4.78 is 0. The first kappa shape index (κ1) is 13.9. The van der Waals surface area contributed by atoms with E-state index in [0.29, 0.717) is 19.4 Å². The third-order valence-electron chi connectivity index (χ3n) is 6.19. The summed E-state index contributed by atoms with van der Waals surface area (Å²) in [5.41, 5.74) is 0.461. The molecule has 4 unspecified atom stereocenters. The third kappa shape index (κ3) is 2.04. The first-order chi connectivity index (χ1) is 9.33. The number of nitrogens with one attached hydrogen (secondary N) is 2. The second-order valence-corrected chi connectivity index (χ2v) is 7.90. The van der Waals surface area contributed by atoms with Gasteiger partial charge in [-0.1, -0.05) is 20.8 Å². The minimum absolute atomic E-state index is 0.0498. The van der Waals surface area contributed by atoms with E-state index in [1.807, 2.05) is 0 Å². The molecular weight excluding hydrogens is 252 g/mol. The van der Waals surface area contributed by atoms with E-state index in [1.54, 1.807) is 0 Å². The normalized spacial score (nSPS) is 42.4. The molecule has 2 aliphatic carbocycles. The van der Waals surface area contributed by atoms with Gasteiger partial charge in [-0.2, -0.15) is 0 Å². The van der Waals surface area contributed by atoms with Crippen molar-refractivity contribution in [3.8, 4) is 0 Å². The Morgan fingerprint density at radius 1 is 1.30 bits per heavy atom. The molecule has 0 aromatic carbocycles. The molecular formula is C16H26N2O2. The molecule has 1 aliphatic heterocycles. The molecule has 20 heavy (non-hydrogen) atoms. The fourth-order valence-electron chi connectivity index (χ4n) is 4.88. The molecule has 2 amide bonds. The molecule has 2 saturated carbocycles. The highest BCUT2D eigenvalue weighted by Gasteiger charge is 2.59. The lowest BCUT2D eigenvalue weighted by molar-refractivity contribution is -0.131. The molecule has 4 heteroatoms. The van der Waals surface area contributed by atoms with Crippen molar-refractivity contribution in [2.75, 3.05) is 6.54 Å². The van der Waals surface area contributed by atoms with Gasteiger partial charge in [0.1, 0.15) is 0 Å². The van der Waals surface area contributed by atoms with Gasteiger partial charge < -0.3 is 10.6 Å². The zero-order valence-electron chi connectivity index (χ0n) is 12.8. The van der Waals surface area contributed by atoms with Crippen molar-refractivity contribution < 1.29 is 9.59 Å². The van der Waals surface area contributed by atoms with E-state index in [1.165, 1.54) is 19.3 Å². The maximum Gasteiger partial charge on any atom is 0.225 e. The Morgan fingerprint density at radius 2 is 2.05 bits per heavy atom. The molecule has 1 saturated heterocycles. The zero-order chi connectivity index (χ0) is 14.5. The molecule has 0 aromatic rings. The van der Waals surface area contributed by atoms with Gasteiger partial charge in [0.25, 0.3) is 0 Å². The number of hydrogen-bond acceptors (Lipinski definition) is 2. The average Bonchev–Trinajstić information content (AvgIpc) is 2.86. The van der Waals surface area contributed by atoms with Crippen LogP contribution in [0.4, 0.5) is 0 Å². The Morgan fingerprint density at radius 3 is 2.60 bits per heavy atom. The molecule has 3 aliphatic rings. The van der Waals surface area contributed by atoms with Gasteiger partial charge in [-0.3, -0.25) is 9.59 Å². The Kier molecular flexibility index (Phi) is 3.11. The fraction of sp³-hybridized carbons (Fsp3) is 0.875.